The Hall–Kier alpha value is -0.120. The number of ether oxygens (including phenoxy) is 1. The van der Waals surface area contributed by atoms with E-state index in [4.69, 9.17) is 4.74 Å². The molecule has 2 rings (SSSR count). The summed E-state index contributed by atoms with van der Waals surface area (Å²) in [5, 5.41) is 0. The maximum absolute atomic E-state index is 5.51. The van der Waals surface area contributed by atoms with Crippen molar-refractivity contribution in [2.24, 2.45) is 0 Å². The number of nitrogens with zero attached hydrogens (tertiary/aromatic N) is 2. The Morgan fingerprint density at radius 2 is 1.05 bits per heavy atom. The summed E-state index contributed by atoms with van der Waals surface area (Å²) in [6, 6.07) is 0. The lowest BCUT2D eigenvalue weighted by atomic mass is 10.1. The maximum atomic E-state index is 5.51. The molecule has 2 aliphatic heterocycles. The summed E-state index contributed by atoms with van der Waals surface area (Å²) in [5.74, 6) is 0. The Kier molecular flexibility index (Phi) is 5.67. The van der Waals surface area contributed by atoms with Gasteiger partial charge in [0.05, 0.1) is 40.4 Å². The van der Waals surface area contributed by atoms with Gasteiger partial charge in [0.1, 0.15) is 26.2 Å². The van der Waals surface area contributed by atoms with Crippen molar-refractivity contribution < 1.29 is 13.7 Å². The first-order chi connectivity index (χ1) is 9.12. The van der Waals surface area contributed by atoms with E-state index in [-0.39, 0.29) is 0 Å². The highest BCUT2D eigenvalue weighted by molar-refractivity contribution is 4.53. The number of rotatable bonds is 3. The van der Waals surface area contributed by atoms with E-state index in [2.05, 4.69) is 14.1 Å². The molecule has 2 saturated heterocycles. The van der Waals surface area contributed by atoms with E-state index in [0.717, 1.165) is 13.2 Å². The van der Waals surface area contributed by atoms with Crippen molar-refractivity contribution >= 4 is 0 Å². The number of quaternary nitrogens is 2. The van der Waals surface area contributed by atoms with E-state index in [0.29, 0.717) is 0 Å². The molecule has 19 heavy (non-hydrogen) atoms. The number of morpholine rings is 1. The van der Waals surface area contributed by atoms with Crippen molar-refractivity contribution in [3.8, 4) is 0 Å². The van der Waals surface area contributed by atoms with Gasteiger partial charge in [-0.15, -0.1) is 0 Å². The minimum Gasteiger partial charge on any atom is -0.370 e. The molecule has 0 amide bonds. The molecule has 0 N–H and O–H groups in total. The van der Waals surface area contributed by atoms with Crippen LogP contribution in [0.2, 0.25) is 0 Å². The molecule has 2 heterocycles. The first-order valence-electron chi connectivity index (χ1n) is 8.37. The van der Waals surface area contributed by atoms with Crippen LogP contribution in [0.15, 0.2) is 0 Å². The Balaban J connectivity index is 1.83. The molecule has 0 saturated carbocycles. The molecule has 0 bridgehead atoms. The van der Waals surface area contributed by atoms with Crippen LogP contribution >= 0.6 is 0 Å². The minimum absolute atomic E-state index is 0.959. The predicted octanol–water partition coefficient (Wildman–Crippen LogP) is 2.26. The zero-order valence-corrected chi connectivity index (χ0v) is 13.2. The summed E-state index contributed by atoms with van der Waals surface area (Å²) in [6.07, 6.45) is 8.70. The third-order valence-corrected chi connectivity index (χ3v) is 5.38. The lowest BCUT2D eigenvalue weighted by Crippen LogP contribution is -2.58. The Morgan fingerprint density at radius 3 is 1.58 bits per heavy atom. The van der Waals surface area contributed by atoms with Crippen LogP contribution in [0.5, 0.6) is 0 Å². The molecule has 0 spiro atoms. The van der Waals surface area contributed by atoms with Gasteiger partial charge in [0.15, 0.2) is 0 Å². The SMILES string of the molecule is C[N+]1(CC[N+]2(C)CCOCC2)CCCCCCCC1. The average molecular weight is 270 g/mol. The van der Waals surface area contributed by atoms with Gasteiger partial charge in [0.2, 0.25) is 0 Å². The van der Waals surface area contributed by atoms with Gasteiger partial charge in [-0.05, 0) is 25.7 Å². The zero-order chi connectivity index (χ0) is 13.6. The van der Waals surface area contributed by atoms with Crippen LogP contribution in [0.3, 0.4) is 0 Å². The van der Waals surface area contributed by atoms with Gasteiger partial charge in [-0.25, -0.2) is 0 Å². The van der Waals surface area contributed by atoms with Crippen molar-refractivity contribution in [1.29, 1.82) is 0 Å². The van der Waals surface area contributed by atoms with Gasteiger partial charge in [0, 0.05) is 0 Å². The molecule has 0 atom stereocenters. The highest BCUT2D eigenvalue weighted by Gasteiger charge is 2.30. The Bertz CT molecular complexity index is 251. The van der Waals surface area contributed by atoms with E-state index in [1.54, 1.807) is 0 Å². The molecule has 2 aliphatic rings. The third-order valence-electron chi connectivity index (χ3n) is 5.38. The Labute approximate surface area is 119 Å². The predicted molar refractivity (Wildman–Crippen MR) is 80.1 cm³/mol. The number of likely N-dealkylation sites (N-methyl/N-ethyl adjacent to an activating group) is 2. The summed E-state index contributed by atoms with van der Waals surface area (Å²) < 4.78 is 8.06. The molecule has 112 valence electrons. The fourth-order valence-corrected chi connectivity index (χ4v) is 3.52. The second-order valence-electron chi connectivity index (χ2n) is 7.31. The molecule has 0 aromatic carbocycles. The summed E-state index contributed by atoms with van der Waals surface area (Å²) in [4.78, 5) is 0. The number of hydrogen-bond donors (Lipinski definition) is 0. The van der Waals surface area contributed by atoms with Crippen molar-refractivity contribution in [2.75, 3.05) is 66.6 Å². The van der Waals surface area contributed by atoms with E-state index in [1.165, 1.54) is 86.8 Å². The van der Waals surface area contributed by atoms with Crippen LogP contribution in [-0.4, -0.2) is 75.5 Å². The second kappa shape index (κ2) is 7.05. The van der Waals surface area contributed by atoms with Gasteiger partial charge >= 0.3 is 0 Å². The molecule has 3 heteroatoms. The average Bonchev–Trinajstić information content (AvgIpc) is 2.51. The van der Waals surface area contributed by atoms with E-state index >= 15 is 0 Å². The molecule has 0 radical (unpaired) electrons. The lowest BCUT2D eigenvalue weighted by molar-refractivity contribution is -0.967. The Morgan fingerprint density at radius 1 is 0.632 bits per heavy atom. The maximum Gasteiger partial charge on any atom is 0.128 e. The monoisotopic (exact) mass is 270 g/mol. The highest BCUT2D eigenvalue weighted by atomic mass is 16.5. The summed E-state index contributed by atoms with van der Waals surface area (Å²) in [6.45, 7) is 9.82. The second-order valence-corrected chi connectivity index (χ2v) is 7.31. The van der Waals surface area contributed by atoms with Crippen LogP contribution in [0.25, 0.3) is 0 Å². The van der Waals surface area contributed by atoms with Crippen LogP contribution in [0, 0.1) is 0 Å². The van der Waals surface area contributed by atoms with Gasteiger partial charge < -0.3 is 13.7 Å². The molecule has 3 nitrogen and oxygen atoms in total. The fourth-order valence-electron chi connectivity index (χ4n) is 3.52. The molecule has 2 fully saturated rings. The fraction of sp³-hybridized carbons (Fsp3) is 1.00. The lowest BCUT2D eigenvalue weighted by Gasteiger charge is -2.41. The molecular weight excluding hydrogens is 236 g/mol. The summed E-state index contributed by atoms with van der Waals surface area (Å²) >= 11 is 0. The summed E-state index contributed by atoms with van der Waals surface area (Å²) in [5.41, 5.74) is 0. The van der Waals surface area contributed by atoms with Crippen molar-refractivity contribution in [1.82, 2.24) is 0 Å². The zero-order valence-electron chi connectivity index (χ0n) is 13.2. The highest BCUT2D eigenvalue weighted by Crippen LogP contribution is 2.17. The van der Waals surface area contributed by atoms with Gasteiger partial charge in [-0.3, -0.25) is 0 Å². The standard InChI is InChI=1S/C16H34N2O/c1-17(9-7-5-3-4-6-8-10-17)11-12-18(2)13-15-19-16-14-18/h3-16H2,1-2H3/q+2. The summed E-state index contributed by atoms with van der Waals surface area (Å²) in [7, 11) is 4.92. The molecule has 0 aliphatic carbocycles. The van der Waals surface area contributed by atoms with Gasteiger partial charge in [0.25, 0.3) is 0 Å². The van der Waals surface area contributed by atoms with E-state index < -0.39 is 0 Å². The van der Waals surface area contributed by atoms with Crippen LogP contribution in [-0.2, 0) is 4.74 Å². The topological polar surface area (TPSA) is 9.23 Å². The van der Waals surface area contributed by atoms with E-state index in [9.17, 15) is 0 Å². The van der Waals surface area contributed by atoms with Crippen LogP contribution in [0.1, 0.15) is 38.5 Å². The molecule has 0 aromatic heterocycles. The van der Waals surface area contributed by atoms with Gasteiger partial charge in [-0.2, -0.15) is 0 Å². The molecular formula is C16H34N2O+2. The first-order valence-corrected chi connectivity index (χ1v) is 8.37. The molecule has 0 aromatic rings. The quantitative estimate of drug-likeness (QED) is 0.715. The first kappa shape index (κ1) is 15.3. The molecule has 0 unspecified atom stereocenters. The number of hydrogen-bond acceptors (Lipinski definition) is 1. The van der Waals surface area contributed by atoms with Crippen molar-refractivity contribution in [2.45, 2.75) is 38.5 Å². The van der Waals surface area contributed by atoms with E-state index in [1.807, 2.05) is 0 Å². The van der Waals surface area contributed by atoms with Crippen molar-refractivity contribution in [3.05, 3.63) is 0 Å². The minimum atomic E-state index is 0.959. The smallest absolute Gasteiger partial charge is 0.128 e. The largest absolute Gasteiger partial charge is 0.370 e. The van der Waals surface area contributed by atoms with Crippen molar-refractivity contribution in [3.63, 3.8) is 0 Å². The third kappa shape index (κ3) is 5.05. The van der Waals surface area contributed by atoms with Gasteiger partial charge in [-0.1, -0.05) is 12.8 Å². The van der Waals surface area contributed by atoms with Crippen LogP contribution < -0.4 is 0 Å². The normalized spacial score (nSPS) is 28.1. The van der Waals surface area contributed by atoms with Crippen LogP contribution in [0.4, 0.5) is 0 Å².